The van der Waals surface area contributed by atoms with Gasteiger partial charge in [0.25, 0.3) is 5.91 Å². The smallest absolute Gasteiger partial charge is 0.269 e. The van der Waals surface area contributed by atoms with Crippen molar-refractivity contribution >= 4 is 21.6 Å². The Labute approximate surface area is 170 Å². The van der Waals surface area contributed by atoms with Crippen LogP contribution in [-0.2, 0) is 14.8 Å². The summed E-state index contributed by atoms with van der Waals surface area (Å²) in [5.41, 5.74) is 0.503. The molecule has 7 nitrogen and oxygen atoms in total. The van der Waals surface area contributed by atoms with Gasteiger partial charge < -0.3 is 14.8 Å². The first-order chi connectivity index (χ1) is 13.9. The topological polar surface area (TPSA) is 84.9 Å². The molecule has 0 bridgehead atoms. The van der Waals surface area contributed by atoms with Crippen molar-refractivity contribution in [3.05, 3.63) is 48.5 Å². The molecular weight excluding hydrogens is 392 g/mol. The second kappa shape index (κ2) is 8.04. The zero-order valence-corrected chi connectivity index (χ0v) is 17.0. The van der Waals surface area contributed by atoms with Gasteiger partial charge in [0.15, 0.2) is 11.5 Å². The molecule has 4 rings (SSSR count). The largest absolute Gasteiger partial charge is 0.485 e. The first kappa shape index (κ1) is 19.7. The molecule has 2 aromatic carbocycles. The molecular formula is C21H24N2O5S. The second-order valence-electron chi connectivity index (χ2n) is 7.49. The Morgan fingerprint density at radius 2 is 1.83 bits per heavy atom. The van der Waals surface area contributed by atoms with Gasteiger partial charge in [-0.15, -0.1) is 0 Å². The zero-order chi connectivity index (χ0) is 20.4. The van der Waals surface area contributed by atoms with Crippen molar-refractivity contribution in [1.82, 2.24) is 4.31 Å². The molecule has 2 aliphatic heterocycles. The van der Waals surface area contributed by atoms with Gasteiger partial charge in [-0.1, -0.05) is 19.1 Å². The highest BCUT2D eigenvalue weighted by Gasteiger charge is 2.29. The fraction of sp³-hybridized carbons (Fsp3) is 0.381. The number of fused-ring (bicyclic) bond motifs is 1. The van der Waals surface area contributed by atoms with E-state index < -0.39 is 16.1 Å². The molecule has 2 aliphatic rings. The van der Waals surface area contributed by atoms with Crippen molar-refractivity contribution in [2.24, 2.45) is 5.92 Å². The van der Waals surface area contributed by atoms with Crippen LogP contribution in [0.4, 0.5) is 5.69 Å². The summed E-state index contributed by atoms with van der Waals surface area (Å²) in [7, 11) is -3.52. The molecule has 1 amide bonds. The van der Waals surface area contributed by atoms with Gasteiger partial charge in [0, 0.05) is 18.8 Å². The van der Waals surface area contributed by atoms with E-state index in [2.05, 4.69) is 12.2 Å². The molecule has 154 valence electrons. The molecule has 0 saturated carbocycles. The number of hydrogen-bond donors (Lipinski definition) is 1. The van der Waals surface area contributed by atoms with Gasteiger partial charge in [-0.25, -0.2) is 8.42 Å². The molecule has 0 aliphatic carbocycles. The van der Waals surface area contributed by atoms with E-state index in [4.69, 9.17) is 9.47 Å². The minimum Gasteiger partial charge on any atom is -0.485 e. The Balaban J connectivity index is 1.41. The van der Waals surface area contributed by atoms with E-state index in [-0.39, 0.29) is 17.4 Å². The molecule has 1 fully saturated rings. The van der Waals surface area contributed by atoms with Crippen LogP contribution in [0.1, 0.15) is 19.8 Å². The SMILES string of the molecule is C[C@H]1CCCN(S(=O)(=O)c2ccc(NC(=O)[C@@H]3COc4ccccc4O3)cc2)C1. The van der Waals surface area contributed by atoms with Crippen molar-refractivity contribution < 1.29 is 22.7 Å². The molecule has 0 unspecified atom stereocenters. The Hall–Kier alpha value is -2.58. The summed E-state index contributed by atoms with van der Waals surface area (Å²) >= 11 is 0. The number of amides is 1. The van der Waals surface area contributed by atoms with Crippen LogP contribution in [0.3, 0.4) is 0 Å². The van der Waals surface area contributed by atoms with Gasteiger partial charge in [0.1, 0.15) is 6.61 Å². The number of carbonyl (C=O) groups is 1. The van der Waals surface area contributed by atoms with E-state index in [1.165, 1.54) is 12.1 Å². The predicted octanol–water partition coefficient (Wildman–Crippen LogP) is 2.89. The molecule has 1 N–H and O–H groups in total. The van der Waals surface area contributed by atoms with Crippen molar-refractivity contribution in [3.63, 3.8) is 0 Å². The summed E-state index contributed by atoms with van der Waals surface area (Å²) in [6.45, 7) is 3.27. The Morgan fingerprint density at radius 3 is 2.55 bits per heavy atom. The number of nitrogens with one attached hydrogen (secondary N) is 1. The predicted molar refractivity (Wildman–Crippen MR) is 109 cm³/mol. The molecule has 8 heteroatoms. The van der Waals surface area contributed by atoms with Crippen molar-refractivity contribution in [2.75, 3.05) is 25.0 Å². The van der Waals surface area contributed by atoms with Gasteiger partial charge in [-0.2, -0.15) is 4.31 Å². The van der Waals surface area contributed by atoms with Crippen molar-refractivity contribution in [2.45, 2.75) is 30.8 Å². The van der Waals surface area contributed by atoms with Gasteiger partial charge >= 0.3 is 0 Å². The maximum Gasteiger partial charge on any atom is 0.269 e. The summed E-state index contributed by atoms with van der Waals surface area (Å²) in [5.74, 6) is 1.15. The summed E-state index contributed by atoms with van der Waals surface area (Å²) in [4.78, 5) is 12.7. The number of nitrogens with zero attached hydrogens (tertiary/aromatic N) is 1. The molecule has 0 spiro atoms. The van der Waals surface area contributed by atoms with Gasteiger partial charge in [0.05, 0.1) is 4.90 Å². The number of benzene rings is 2. The summed E-state index contributed by atoms with van der Waals surface area (Å²) in [6.07, 6.45) is 1.15. The van der Waals surface area contributed by atoms with Crippen LogP contribution in [-0.4, -0.2) is 44.4 Å². The monoisotopic (exact) mass is 416 g/mol. The van der Waals surface area contributed by atoms with Gasteiger partial charge in [0.2, 0.25) is 16.1 Å². The lowest BCUT2D eigenvalue weighted by Gasteiger charge is -2.30. The second-order valence-corrected chi connectivity index (χ2v) is 9.43. The van der Waals surface area contributed by atoms with Crippen molar-refractivity contribution in [3.8, 4) is 11.5 Å². The molecule has 0 aromatic heterocycles. The van der Waals surface area contributed by atoms with Crippen LogP contribution in [0.15, 0.2) is 53.4 Å². The number of hydrogen-bond acceptors (Lipinski definition) is 5. The van der Waals surface area contributed by atoms with E-state index >= 15 is 0 Å². The maximum atomic E-state index is 12.8. The molecule has 2 atom stereocenters. The third kappa shape index (κ3) is 4.23. The highest BCUT2D eigenvalue weighted by atomic mass is 32.2. The van der Waals surface area contributed by atoms with Crippen LogP contribution < -0.4 is 14.8 Å². The number of para-hydroxylation sites is 2. The quantitative estimate of drug-likeness (QED) is 0.828. The third-order valence-electron chi connectivity index (χ3n) is 5.18. The fourth-order valence-corrected chi connectivity index (χ4v) is 5.19. The first-order valence-corrected chi connectivity index (χ1v) is 11.2. The van der Waals surface area contributed by atoms with E-state index in [9.17, 15) is 13.2 Å². The van der Waals surface area contributed by atoms with E-state index in [1.54, 1.807) is 28.6 Å². The third-order valence-corrected chi connectivity index (χ3v) is 7.06. The van der Waals surface area contributed by atoms with Crippen LogP contribution in [0.25, 0.3) is 0 Å². The summed E-state index contributed by atoms with van der Waals surface area (Å²) < 4.78 is 38.5. The lowest BCUT2D eigenvalue weighted by atomic mass is 10.0. The van der Waals surface area contributed by atoms with Crippen LogP contribution in [0, 0.1) is 5.92 Å². The normalized spacial score (nSPS) is 22.1. The van der Waals surface area contributed by atoms with Crippen molar-refractivity contribution in [1.29, 1.82) is 0 Å². The first-order valence-electron chi connectivity index (χ1n) is 9.73. The molecule has 0 radical (unpaired) electrons. The standard InChI is InChI=1S/C21H24N2O5S/c1-15-5-4-12-23(13-15)29(25,26)17-10-8-16(9-11-17)22-21(24)20-14-27-18-6-2-3-7-19(18)28-20/h2-3,6-11,15,20H,4-5,12-14H2,1H3,(H,22,24)/t15-,20-/m0/s1. The Morgan fingerprint density at radius 1 is 1.10 bits per heavy atom. The van der Waals surface area contributed by atoms with Gasteiger partial charge in [-0.3, -0.25) is 4.79 Å². The lowest BCUT2D eigenvalue weighted by molar-refractivity contribution is -0.125. The average molecular weight is 416 g/mol. The fourth-order valence-electron chi connectivity index (χ4n) is 3.60. The number of sulfonamides is 1. The Bertz CT molecular complexity index is 990. The molecule has 2 heterocycles. The van der Waals surface area contributed by atoms with E-state index in [1.807, 2.05) is 12.1 Å². The molecule has 1 saturated heterocycles. The number of rotatable bonds is 4. The van der Waals surface area contributed by atoms with Crippen LogP contribution >= 0.6 is 0 Å². The minimum atomic E-state index is -3.52. The highest BCUT2D eigenvalue weighted by Crippen LogP contribution is 2.31. The number of anilines is 1. The van der Waals surface area contributed by atoms with Crippen LogP contribution in [0.2, 0.25) is 0 Å². The number of piperidine rings is 1. The maximum absolute atomic E-state index is 12.8. The summed E-state index contributed by atoms with van der Waals surface area (Å²) in [5, 5.41) is 2.76. The lowest BCUT2D eigenvalue weighted by Crippen LogP contribution is -2.40. The summed E-state index contributed by atoms with van der Waals surface area (Å²) in [6, 6.07) is 13.4. The average Bonchev–Trinajstić information content (AvgIpc) is 2.74. The highest BCUT2D eigenvalue weighted by molar-refractivity contribution is 7.89. The molecule has 29 heavy (non-hydrogen) atoms. The zero-order valence-electron chi connectivity index (χ0n) is 16.2. The number of carbonyl (C=O) groups excluding carboxylic acids is 1. The van der Waals surface area contributed by atoms with E-state index in [0.717, 1.165) is 12.8 Å². The number of ether oxygens (including phenoxy) is 2. The molecule has 2 aromatic rings. The van der Waals surface area contributed by atoms with E-state index in [0.29, 0.717) is 36.2 Å². The van der Waals surface area contributed by atoms with Crippen LogP contribution in [0.5, 0.6) is 11.5 Å². The Kier molecular flexibility index (Phi) is 5.47. The van der Waals surface area contributed by atoms with Gasteiger partial charge in [-0.05, 0) is 55.2 Å². The minimum absolute atomic E-state index is 0.114.